The first kappa shape index (κ1) is 16.7. The van der Waals surface area contributed by atoms with Gasteiger partial charge in [0.2, 0.25) is 11.9 Å². The van der Waals surface area contributed by atoms with Gasteiger partial charge in [0.15, 0.2) is 0 Å². The van der Waals surface area contributed by atoms with Gasteiger partial charge in [-0.3, -0.25) is 9.69 Å². The van der Waals surface area contributed by atoms with Gasteiger partial charge < -0.3 is 10.2 Å². The second-order valence-electron chi connectivity index (χ2n) is 5.94. The first-order chi connectivity index (χ1) is 10.5. The molecule has 0 saturated carbocycles. The summed E-state index contributed by atoms with van der Waals surface area (Å²) >= 11 is 0. The van der Waals surface area contributed by atoms with Crippen molar-refractivity contribution in [3.8, 4) is 0 Å². The Morgan fingerprint density at radius 2 is 2.09 bits per heavy atom. The quantitative estimate of drug-likeness (QED) is 0.860. The largest absolute Gasteiger partial charge is 0.348 e. The number of aromatic nitrogens is 2. The molecule has 0 spiro atoms. The number of nitrogens with zero attached hydrogens (tertiary/aromatic N) is 4. The molecule has 0 fully saturated rings. The molecule has 1 amide bonds. The fourth-order valence-corrected chi connectivity index (χ4v) is 2.79. The van der Waals surface area contributed by atoms with Crippen molar-refractivity contribution in [1.82, 2.24) is 20.2 Å². The van der Waals surface area contributed by atoms with E-state index in [2.05, 4.69) is 34.0 Å². The normalized spacial score (nSPS) is 17.2. The maximum atomic E-state index is 12.2. The summed E-state index contributed by atoms with van der Waals surface area (Å²) in [5, 5.41) is 3.15. The molecular formula is C16H27N5O. The Hall–Kier alpha value is -1.69. The van der Waals surface area contributed by atoms with Crippen LogP contribution >= 0.6 is 0 Å². The lowest BCUT2D eigenvalue weighted by molar-refractivity contribution is -0.123. The molecule has 0 aromatic carbocycles. The molecular weight excluding hydrogens is 278 g/mol. The SMILES string of the molecule is CCN(CC)CC(=O)NC1CCCc2nc(N(C)C)ncc21. The lowest BCUT2D eigenvalue weighted by Gasteiger charge is -2.27. The summed E-state index contributed by atoms with van der Waals surface area (Å²) in [6.45, 7) is 6.38. The number of rotatable bonds is 6. The number of amides is 1. The molecule has 6 nitrogen and oxygen atoms in total. The Labute approximate surface area is 132 Å². The molecule has 122 valence electrons. The molecule has 0 aliphatic heterocycles. The topological polar surface area (TPSA) is 61.4 Å². The zero-order valence-electron chi connectivity index (χ0n) is 14.1. The van der Waals surface area contributed by atoms with Crippen LogP contribution in [0.5, 0.6) is 0 Å². The third-order valence-corrected chi connectivity index (χ3v) is 4.17. The van der Waals surface area contributed by atoms with Crippen molar-refractivity contribution >= 4 is 11.9 Å². The second kappa shape index (κ2) is 7.54. The summed E-state index contributed by atoms with van der Waals surface area (Å²) in [5.74, 6) is 0.812. The van der Waals surface area contributed by atoms with E-state index in [1.807, 2.05) is 25.2 Å². The zero-order chi connectivity index (χ0) is 16.1. The van der Waals surface area contributed by atoms with Gasteiger partial charge in [0.1, 0.15) is 0 Å². The van der Waals surface area contributed by atoms with Crippen LogP contribution in [0.15, 0.2) is 6.20 Å². The van der Waals surface area contributed by atoms with Crippen LogP contribution in [-0.4, -0.2) is 54.5 Å². The highest BCUT2D eigenvalue weighted by atomic mass is 16.2. The van der Waals surface area contributed by atoms with Crippen molar-refractivity contribution in [1.29, 1.82) is 0 Å². The van der Waals surface area contributed by atoms with Crippen molar-refractivity contribution in [2.75, 3.05) is 38.6 Å². The number of hydrogen-bond donors (Lipinski definition) is 1. The van der Waals surface area contributed by atoms with Crippen LogP contribution in [-0.2, 0) is 11.2 Å². The predicted molar refractivity (Wildman–Crippen MR) is 88.0 cm³/mol. The van der Waals surface area contributed by atoms with E-state index >= 15 is 0 Å². The van der Waals surface area contributed by atoms with Gasteiger partial charge in [-0.2, -0.15) is 0 Å². The fraction of sp³-hybridized carbons (Fsp3) is 0.688. The van der Waals surface area contributed by atoms with Crippen LogP contribution < -0.4 is 10.2 Å². The van der Waals surface area contributed by atoms with E-state index in [0.717, 1.165) is 49.6 Å². The summed E-state index contributed by atoms with van der Waals surface area (Å²) in [6.07, 6.45) is 4.84. The maximum absolute atomic E-state index is 12.2. The Bertz CT molecular complexity index is 513. The van der Waals surface area contributed by atoms with Gasteiger partial charge in [-0.25, -0.2) is 9.97 Å². The molecule has 2 rings (SSSR count). The summed E-state index contributed by atoms with van der Waals surface area (Å²) in [7, 11) is 3.88. The highest BCUT2D eigenvalue weighted by molar-refractivity contribution is 5.78. The van der Waals surface area contributed by atoms with Crippen LogP contribution in [0.1, 0.15) is 44.0 Å². The van der Waals surface area contributed by atoms with Crippen LogP contribution in [0.2, 0.25) is 0 Å². The van der Waals surface area contributed by atoms with Crippen LogP contribution in [0.25, 0.3) is 0 Å². The number of carbonyl (C=O) groups is 1. The van der Waals surface area contributed by atoms with Crippen LogP contribution in [0.3, 0.4) is 0 Å². The number of aryl methyl sites for hydroxylation is 1. The van der Waals surface area contributed by atoms with E-state index in [9.17, 15) is 4.79 Å². The molecule has 1 aliphatic carbocycles. The molecule has 0 radical (unpaired) electrons. The van der Waals surface area contributed by atoms with Crippen LogP contribution in [0.4, 0.5) is 5.95 Å². The van der Waals surface area contributed by atoms with E-state index in [4.69, 9.17) is 0 Å². The Morgan fingerprint density at radius 1 is 1.36 bits per heavy atom. The number of hydrogen-bond acceptors (Lipinski definition) is 5. The number of fused-ring (bicyclic) bond motifs is 1. The summed E-state index contributed by atoms with van der Waals surface area (Å²) in [6, 6.07) is 0.0445. The predicted octanol–water partition coefficient (Wildman–Crippen LogP) is 1.38. The monoisotopic (exact) mass is 305 g/mol. The van der Waals surface area contributed by atoms with Gasteiger partial charge in [0.25, 0.3) is 0 Å². The number of anilines is 1. The molecule has 1 aromatic rings. The average Bonchev–Trinajstić information content (AvgIpc) is 2.52. The highest BCUT2D eigenvalue weighted by Crippen LogP contribution is 2.28. The van der Waals surface area contributed by atoms with E-state index in [-0.39, 0.29) is 11.9 Å². The van der Waals surface area contributed by atoms with Crippen molar-refractivity contribution in [3.63, 3.8) is 0 Å². The highest BCUT2D eigenvalue weighted by Gasteiger charge is 2.24. The van der Waals surface area contributed by atoms with Gasteiger partial charge in [-0.1, -0.05) is 13.8 Å². The molecule has 6 heteroatoms. The minimum Gasteiger partial charge on any atom is -0.348 e. The minimum atomic E-state index is 0.0445. The molecule has 1 aliphatic rings. The standard InChI is InChI=1S/C16H27N5O/c1-5-21(6-2)11-15(22)18-13-8-7-9-14-12(13)10-17-16(19-14)20(3)4/h10,13H,5-9,11H2,1-4H3,(H,18,22). The molecule has 1 aromatic heterocycles. The third-order valence-electron chi connectivity index (χ3n) is 4.17. The zero-order valence-corrected chi connectivity index (χ0v) is 14.1. The third kappa shape index (κ3) is 3.94. The molecule has 1 N–H and O–H groups in total. The van der Waals surface area contributed by atoms with Gasteiger partial charge in [0.05, 0.1) is 18.3 Å². The average molecular weight is 305 g/mol. The first-order valence-corrected chi connectivity index (χ1v) is 8.10. The first-order valence-electron chi connectivity index (χ1n) is 8.10. The van der Waals surface area contributed by atoms with E-state index in [1.165, 1.54) is 0 Å². The molecule has 1 atom stereocenters. The van der Waals surface area contributed by atoms with Gasteiger partial charge in [-0.15, -0.1) is 0 Å². The lowest BCUT2D eigenvalue weighted by atomic mass is 9.92. The van der Waals surface area contributed by atoms with Crippen LogP contribution in [0, 0.1) is 0 Å². The van der Waals surface area contributed by atoms with E-state index in [1.54, 1.807) is 0 Å². The fourth-order valence-electron chi connectivity index (χ4n) is 2.79. The molecule has 0 saturated heterocycles. The number of nitrogens with one attached hydrogen (secondary N) is 1. The second-order valence-corrected chi connectivity index (χ2v) is 5.94. The Kier molecular flexibility index (Phi) is 5.71. The van der Waals surface area contributed by atoms with Crippen molar-refractivity contribution < 1.29 is 4.79 Å². The number of likely N-dealkylation sites (N-methyl/N-ethyl adjacent to an activating group) is 1. The van der Waals surface area contributed by atoms with Gasteiger partial charge in [-0.05, 0) is 32.4 Å². The molecule has 0 bridgehead atoms. The Morgan fingerprint density at radius 3 is 2.73 bits per heavy atom. The smallest absolute Gasteiger partial charge is 0.234 e. The summed E-state index contributed by atoms with van der Waals surface area (Å²) in [5.41, 5.74) is 2.14. The van der Waals surface area contributed by atoms with Crippen molar-refractivity contribution in [2.24, 2.45) is 0 Å². The van der Waals surface area contributed by atoms with Gasteiger partial charge >= 0.3 is 0 Å². The van der Waals surface area contributed by atoms with E-state index < -0.39 is 0 Å². The lowest BCUT2D eigenvalue weighted by Crippen LogP contribution is -2.39. The Balaban J connectivity index is 2.07. The van der Waals surface area contributed by atoms with E-state index in [0.29, 0.717) is 6.54 Å². The molecule has 22 heavy (non-hydrogen) atoms. The maximum Gasteiger partial charge on any atom is 0.234 e. The van der Waals surface area contributed by atoms with Crippen molar-refractivity contribution in [2.45, 2.75) is 39.2 Å². The van der Waals surface area contributed by atoms with Crippen molar-refractivity contribution in [3.05, 3.63) is 17.5 Å². The molecule has 1 heterocycles. The summed E-state index contributed by atoms with van der Waals surface area (Å²) in [4.78, 5) is 25.3. The minimum absolute atomic E-state index is 0.0445. The van der Waals surface area contributed by atoms with Gasteiger partial charge in [0, 0.05) is 25.9 Å². The molecule has 1 unspecified atom stereocenters. The summed E-state index contributed by atoms with van der Waals surface area (Å²) < 4.78 is 0. The number of carbonyl (C=O) groups excluding carboxylic acids is 1.